The van der Waals surface area contributed by atoms with Crippen molar-refractivity contribution in [3.8, 4) is 0 Å². The van der Waals surface area contributed by atoms with Gasteiger partial charge in [-0.1, -0.05) is 60.2 Å². The van der Waals surface area contributed by atoms with Gasteiger partial charge in [-0.3, -0.25) is 9.59 Å². The summed E-state index contributed by atoms with van der Waals surface area (Å²) in [6, 6.07) is 25.1. The van der Waals surface area contributed by atoms with Gasteiger partial charge in [-0.05, 0) is 31.2 Å². The van der Waals surface area contributed by atoms with E-state index in [2.05, 4.69) is 48.6 Å². The number of aryl methyl sites for hydroxylation is 1. The standard InChI is InChI=1S/C23H23N3O2/c1-16-7-9-18(10-8-16)22(17-5-3-2-4-6-17)25-15-21(27)26-20-13-11-19(12-14-20)23(24)28/h2-14,22,25H,15H2,1H3,(H2,24,28)(H,26,27)/p+1/t22-/m0/s1. The first-order valence-corrected chi connectivity index (χ1v) is 9.17. The molecule has 0 aliphatic carbocycles. The molecular formula is C23H24N3O2+. The fourth-order valence-corrected chi connectivity index (χ4v) is 3.05. The quantitative estimate of drug-likeness (QED) is 0.593. The largest absolute Gasteiger partial charge is 0.366 e. The van der Waals surface area contributed by atoms with Gasteiger partial charge in [0.15, 0.2) is 6.54 Å². The first-order chi connectivity index (χ1) is 13.5. The molecule has 1 atom stereocenters. The molecule has 0 unspecified atom stereocenters. The van der Waals surface area contributed by atoms with Gasteiger partial charge in [0.25, 0.3) is 5.91 Å². The average Bonchev–Trinajstić information content (AvgIpc) is 2.70. The van der Waals surface area contributed by atoms with E-state index in [-0.39, 0.29) is 18.5 Å². The number of hydrogen-bond donors (Lipinski definition) is 3. The number of quaternary nitrogens is 1. The first kappa shape index (κ1) is 19.3. The molecule has 0 fully saturated rings. The van der Waals surface area contributed by atoms with Gasteiger partial charge in [0.05, 0.1) is 0 Å². The van der Waals surface area contributed by atoms with Gasteiger partial charge in [0.2, 0.25) is 5.91 Å². The molecule has 0 aromatic heterocycles. The van der Waals surface area contributed by atoms with Crippen molar-refractivity contribution in [2.24, 2.45) is 5.73 Å². The van der Waals surface area contributed by atoms with Crippen molar-refractivity contribution in [2.75, 3.05) is 11.9 Å². The highest BCUT2D eigenvalue weighted by Crippen LogP contribution is 2.18. The van der Waals surface area contributed by atoms with E-state index in [1.807, 2.05) is 23.5 Å². The molecule has 0 heterocycles. The Morgan fingerprint density at radius 3 is 2.11 bits per heavy atom. The molecule has 0 spiro atoms. The first-order valence-electron chi connectivity index (χ1n) is 9.17. The second kappa shape index (κ2) is 8.97. The minimum Gasteiger partial charge on any atom is -0.366 e. The van der Waals surface area contributed by atoms with E-state index in [1.165, 1.54) is 5.56 Å². The van der Waals surface area contributed by atoms with Gasteiger partial charge in [0, 0.05) is 22.4 Å². The summed E-state index contributed by atoms with van der Waals surface area (Å²) in [5, 5.41) is 4.87. The molecule has 3 aromatic carbocycles. The Labute approximate surface area is 164 Å². The van der Waals surface area contributed by atoms with Crippen molar-refractivity contribution >= 4 is 17.5 Å². The summed E-state index contributed by atoms with van der Waals surface area (Å²) in [5.41, 5.74) is 9.77. The van der Waals surface area contributed by atoms with Gasteiger partial charge in [0.1, 0.15) is 6.04 Å². The van der Waals surface area contributed by atoms with E-state index < -0.39 is 5.91 Å². The highest BCUT2D eigenvalue weighted by molar-refractivity contribution is 5.95. The van der Waals surface area contributed by atoms with E-state index in [0.29, 0.717) is 11.3 Å². The molecule has 5 nitrogen and oxygen atoms in total. The fourth-order valence-electron chi connectivity index (χ4n) is 3.05. The maximum atomic E-state index is 12.4. The van der Waals surface area contributed by atoms with Crippen LogP contribution in [0.25, 0.3) is 0 Å². The number of anilines is 1. The highest BCUT2D eigenvalue weighted by atomic mass is 16.2. The second-order valence-electron chi connectivity index (χ2n) is 6.73. The van der Waals surface area contributed by atoms with E-state index in [9.17, 15) is 9.59 Å². The van der Waals surface area contributed by atoms with Crippen molar-refractivity contribution in [3.05, 3.63) is 101 Å². The summed E-state index contributed by atoms with van der Waals surface area (Å²) < 4.78 is 0. The third kappa shape index (κ3) is 5.05. The number of carbonyl (C=O) groups excluding carboxylic acids is 2. The maximum absolute atomic E-state index is 12.4. The number of amides is 2. The van der Waals surface area contributed by atoms with Gasteiger partial charge in [-0.15, -0.1) is 0 Å². The Hall–Kier alpha value is -3.44. The number of nitrogens with one attached hydrogen (secondary N) is 1. The lowest BCUT2D eigenvalue weighted by atomic mass is 9.98. The minimum absolute atomic E-state index is 0.0322. The predicted molar refractivity (Wildman–Crippen MR) is 110 cm³/mol. The number of hydrogen-bond acceptors (Lipinski definition) is 2. The van der Waals surface area contributed by atoms with Crippen LogP contribution in [0, 0.1) is 6.92 Å². The lowest BCUT2D eigenvalue weighted by Gasteiger charge is -2.17. The predicted octanol–water partition coefficient (Wildman–Crippen LogP) is 2.39. The third-order valence-corrected chi connectivity index (χ3v) is 4.59. The number of benzene rings is 3. The molecule has 0 aliphatic heterocycles. The molecule has 0 radical (unpaired) electrons. The van der Waals surface area contributed by atoms with E-state index in [1.54, 1.807) is 24.3 Å². The Balaban J connectivity index is 1.68. The molecule has 3 rings (SSSR count). The van der Waals surface area contributed by atoms with Crippen LogP contribution in [-0.4, -0.2) is 18.4 Å². The zero-order valence-electron chi connectivity index (χ0n) is 15.8. The van der Waals surface area contributed by atoms with Crippen molar-refractivity contribution in [1.29, 1.82) is 0 Å². The minimum atomic E-state index is -0.491. The zero-order chi connectivity index (χ0) is 19.9. The molecule has 3 aromatic rings. The lowest BCUT2D eigenvalue weighted by Crippen LogP contribution is -2.87. The van der Waals surface area contributed by atoms with Crippen LogP contribution in [0.3, 0.4) is 0 Å². The Bertz CT molecular complexity index is 936. The highest BCUT2D eigenvalue weighted by Gasteiger charge is 2.19. The summed E-state index contributed by atoms with van der Waals surface area (Å²) in [5.74, 6) is -0.602. The molecule has 0 saturated heterocycles. The number of nitrogens with two attached hydrogens (primary N) is 2. The van der Waals surface area contributed by atoms with Crippen LogP contribution < -0.4 is 16.4 Å². The van der Waals surface area contributed by atoms with Gasteiger partial charge >= 0.3 is 0 Å². The second-order valence-corrected chi connectivity index (χ2v) is 6.73. The van der Waals surface area contributed by atoms with E-state index in [0.717, 1.165) is 11.1 Å². The maximum Gasteiger partial charge on any atom is 0.279 e. The van der Waals surface area contributed by atoms with Crippen LogP contribution in [0.2, 0.25) is 0 Å². The topological polar surface area (TPSA) is 88.8 Å². The van der Waals surface area contributed by atoms with Gasteiger partial charge in [-0.2, -0.15) is 0 Å². The number of carbonyl (C=O) groups is 2. The van der Waals surface area contributed by atoms with Crippen LogP contribution in [0.15, 0.2) is 78.9 Å². The summed E-state index contributed by atoms with van der Waals surface area (Å²) in [6.45, 7) is 2.33. The van der Waals surface area contributed by atoms with Crippen molar-refractivity contribution in [1.82, 2.24) is 0 Å². The Morgan fingerprint density at radius 2 is 1.50 bits per heavy atom. The fraction of sp³-hybridized carbons (Fsp3) is 0.130. The molecule has 5 heteroatoms. The molecule has 28 heavy (non-hydrogen) atoms. The molecule has 142 valence electrons. The van der Waals surface area contributed by atoms with Crippen LogP contribution >= 0.6 is 0 Å². The van der Waals surface area contributed by atoms with Crippen molar-refractivity contribution in [2.45, 2.75) is 13.0 Å². The molecule has 0 saturated carbocycles. The molecular weight excluding hydrogens is 350 g/mol. The summed E-state index contributed by atoms with van der Waals surface area (Å²) >= 11 is 0. The lowest BCUT2D eigenvalue weighted by molar-refractivity contribution is -0.676. The van der Waals surface area contributed by atoms with Crippen LogP contribution in [0.1, 0.15) is 33.1 Å². The van der Waals surface area contributed by atoms with E-state index in [4.69, 9.17) is 5.73 Å². The van der Waals surface area contributed by atoms with Crippen LogP contribution in [-0.2, 0) is 4.79 Å². The molecule has 0 bridgehead atoms. The zero-order valence-corrected chi connectivity index (χ0v) is 15.8. The van der Waals surface area contributed by atoms with Crippen LogP contribution in [0.5, 0.6) is 0 Å². The Morgan fingerprint density at radius 1 is 0.893 bits per heavy atom. The van der Waals surface area contributed by atoms with Gasteiger partial charge < -0.3 is 16.4 Å². The normalized spacial score (nSPS) is 11.6. The molecule has 5 N–H and O–H groups in total. The smallest absolute Gasteiger partial charge is 0.279 e. The summed E-state index contributed by atoms with van der Waals surface area (Å²) in [4.78, 5) is 23.6. The molecule has 2 amide bonds. The summed E-state index contributed by atoms with van der Waals surface area (Å²) in [7, 11) is 0. The summed E-state index contributed by atoms with van der Waals surface area (Å²) in [6.07, 6.45) is 0. The Kier molecular flexibility index (Phi) is 6.19. The van der Waals surface area contributed by atoms with Crippen molar-refractivity contribution in [3.63, 3.8) is 0 Å². The van der Waals surface area contributed by atoms with Crippen molar-refractivity contribution < 1.29 is 14.9 Å². The number of primary amides is 1. The third-order valence-electron chi connectivity index (χ3n) is 4.59. The number of rotatable bonds is 7. The SMILES string of the molecule is Cc1ccc([C@@H]([NH2+]CC(=O)Nc2ccc(C(N)=O)cc2)c2ccccc2)cc1. The average molecular weight is 374 g/mol. The van der Waals surface area contributed by atoms with E-state index >= 15 is 0 Å². The monoisotopic (exact) mass is 374 g/mol. The molecule has 0 aliphatic rings. The van der Waals surface area contributed by atoms with Crippen LogP contribution in [0.4, 0.5) is 5.69 Å². The van der Waals surface area contributed by atoms with Gasteiger partial charge in [-0.25, -0.2) is 0 Å².